The summed E-state index contributed by atoms with van der Waals surface area (Å²) in [5.74, 6) is 0. The van der Waals surface area contributed by atoms with Gasteiger partial charge in [-0.25, -0.2) is 8.42 Å². The second-order valence-corrected chi connectivity index (χ2v) is 7.56. The molecule has 2 heterocycles. The molecule has 1 unspecified atom stereocenters. The van der Waals surface area contributed by atoms with Gasteiger partial charge in [0.05, 0.1) is 17.5 Å². The van der Waals surface area contributed by atoms with E-state index in [4.69, 9.17) is 4.74 Å². The van der Waals surface area contributed by atoms with Crippen molar-refractivity contribution in [3.63, 3.8) is 0 Å². The summed E-state index contributed by atoms with van der Waals surface area (Å²) in [5, 5.41) is 4.91. The van der Waals surface area contributed by atoms with E-state index in [9.17, 15) is 8.42 Å². The standard InChI is InChI=1S/C12H20N2O3S2/c1-3-13-7-11-6-12(9-18-11)19(15,16)14(2)10-4-5-17-8-10/h6,9-10,13H,3-5,7-8H2,1-2H3. The van der Waals surface area contributed by atoms with Crippen LogP contribution in [0.1, 0.15) is 18.2 Å². The fourth-order valence-electron chi connectivity index (χ4n) is 2.01. The van der Waals surface area contributed by atoms with Crippen molar-refractivity contribution in [2.24, 2.45) is 0 Å². The lowest BCUT2D eigenvalue weighted by atomic mass is 10.3. The van der Waals surface area contributed by atoms with Gasteiger partial charge in [0.15, 0.2) is 0 Å². The zero-order valence-corrected chi connectivity index (χ0v) is 12.9. The van der Waals surface area contributed by atoms with Gasteiger partial charge in [-0.05, 0) is 19.0 Å². The van der Waals surface area contributed by atoms with E-state index in [0.29, 0.717) is 24.7 Å². The maximum atomic E-state index is 12.5. The Labute approximate surface area is 118 Å². The minimum absolute atomic E-state index is 0.0397. The average Bonchev–Trinajstić information content (AvgIpc) is 3.06. The minimum Gasteiger partial charge on any atom is -0.380 e. The number of sulfonamides is 1. The molecule has 0 amide bonds. The van der Waals surface area contributed by atoms with Gasteiger partial charge in [0.1, 0.15) is 0 Å². The van der Waals surface area contributed by atoms with Crippen molar-refractivity contribution in [3.8, 4) is 0 Å². The van der Waals surface area contributed by atoms with Gasteiger partial charge in [-0.15, -0.1) is 11.3 Å². The van der Waals surface area contributed by atoms with Gasteiger partial charge in [-0.3, -0.25) is 0 Å². The molecule has 1 aromatic rings. The summed E-state index contributed by atoms with van der Waals surface area (Å²) < 4.78 is 31.6. The molecule has 1 saturated heterocycles. The predicted octanol–water partition coefficient (Wildman–Crippen LogP) is 1.27. The maximum Gasteiger partial charge on any atom is 0.243 e. The molecular weight excluding hydrogens is 284 g/mol. The van der Waals surface area contributed by atoms with Crippen molar-refractivity contribution in [3.05, 3.63) is 16.3 Å². The Morgan fingerprint density at radius 2 is 2.37 bits per heavy atom. The van der Waals surface area contributed by atoms with Crippen molar-refractivity contribution >= 4 is 21.4 Å². The number of nitrogens with zero attached hydrogens (tertiary/aromatic N) is 1. The highest BCUT2D eigenvalue weighted by Gasteiger charge is 2.31. The molecule has 1 aliphatic heterocycles. The second-order valence-electron chi connectivity index (χ2n) is 4.57. The van der Waals surface area contributed by atoms with Crippen molar-refractivity contribution in [2.75, 3.05) is 26.8 Å². The van der Waals surface area contributed by atoms with Gasteiger partial charge >= 0.3 is 0 Å². The van der Waals surface area contributed by atoms with E-state index >= 15 is 0 Å². The van der Waals surface area contributed by atoms with Crippen LogP contribution in [0.5, 0.6) is 0 Å². The molecule has 0 aliphatic carbocycles. The first-order valence-electron chi connectivity index (χ1n) is 6.39. The molecule has 1 aliphatic rings. The Morgan fingerprint density at radius 3 is 3.00 bits per heavy atom. The maximum absolute atomic E-state index is 12.5. The first-order chi connectivity index (χ1) is 9.05. The quantitative estimate of drug-likeness (QED) is 0.860. The van der Waals surface area contributed by atoms with Crippen molar-refractivity contribution in [1.82, 2.24) is 9.62 Å². The molecule has 1 atom stereocenters. The normalized spacial score (nSPS) is 20.3. The van der Waals surface area contributed by atoms with Crippen molar-refractivity contribution in [2.45, 2.75) is 30.8 Å². The van der Waals surface area contributed by atoms with Crippen LogP contribution < -0.4 is 5.32 Å². The smallest absolute Gasteiger partial charge is 0.243 e. The lowest BCUT2D eigenvalue weighted by Crippen LogP contribution is -2.37. The Morgan fingerprint density at radius 1 is 1.58 bits per heavy atom. The fourth-order valence-corrected chi connectivity index (χ4v) is 4.61. The van der Waals surface area contributed by atoms with E-state index in [0.717, 1.165) is 17.8 Å². The van der Waals surface area contributed by atoms with E-state index < -0.39 is 10.0 Å². The molecule has 1 N–H and O–H groups in total. The van der Waals surface area contributed by atoms with Gasteiger partial charge in [-0.1, -0.05) is 6.92 Å². The highest BCUT2D eigenvalue weighted by Crippen LogP contribution is 2.25. The minimum atomic E-state index is -3.39. The third kappa shape index (κ3) is 3.35. The molecule has 0 aromatic carbocycles. The lowest BCUT2D eigenvalue weighted by molar-refractivity contribution is 0.181. The highest BCUT2D eigenvalue weighted by molar-refractivity contribution is 7.89. The average molecular weight is 304 g/mol. The van der Waals surface area contributed by atoms with Crippen LogP contribution in [0.2, 0.25) is 0 Å². The Bertz CT molecular complexity index is 507. The summed E-state index contributed by atoms with van der Waals surface area (Å²) in [7, 11) is -1.76. The number of rotatable bonds is 6. The first kappa shape index (κ1) is 14.9. The zero-order valence-electron chi connectivity index (χ0n) is 11.3. The Hall–Kier alpha value is -0.470. The summed E-state index contributed by atoms with van der Waals surface area (Å²) in [6.07, 6.45) is 0.768. The molecule has 5 nitrogen and oxygen atoms in total. The summed E-state index contributed by atoms with van der Waals surface area (Å²) in [4.78, 5) is 1.43. The van der Waals surface area contributed by atoms with Crippen LogP contribution in [-0.2, 0) is 21.3 Å². The SMILES string of the molecule is CCNCc1cc(S(=O)(=O)N(C)C2CCOC2)cs1. The first-order valence-corrected chi connectivity index (χ1v) is 8.71. The third-order valence-electron chi connectivity index (χ3n) is 3.28. The van der Waals surface area contributed by atoms with Crippen molar-refractivity contribution < 1.29 is 13.2 Å². The summed E-state index contributed by atoms with van der Waals surface area (Å²) >= 11 is 1.48. The number of hydrogen-bond acceptors (Lipinski definition) is 5. The highest BCUT2D eigenvalue weighted by atomic mass is 32.2. The van der Waals surface area contributed by atoms with Crippen LogP contribution >= 0.6 is 11.3 Å². The summed E-state index contributed by atoms with van der Waals surface area (Å²) in [5.41, 5.74) is 0. The summed E-state index contributed by atoms with van der Waals surface area (Å²) in [6.45, 7) is 4.75. The number of ether oxygens (including phenoxy) is 1. The molecular formula is C12H20N2O3S2. The number of likely N-dealkylation sites (N-methyl/N-ethyl adjacent to an activating group) is 1. The van der Waals surface area contributed by atoms with Crippen LogP contribution in [0.15, 0.2) is 16.3 Å². The van der Waals surface area contributed by atoms with Crippen LogP contribution in [-0.4, -0.2) is 45.6 Å². The largest absolute Gasteiger partial charge is 0.380 e. The van der Waals surface area contributed by atoms with Crippen LogP contribution in [0.25, 0.3) is 0 Å². The van der Waals surface area contributed by atoms with E-state index in [1.807, 2.05) is 6.92 Å². The van der Waals surface area contributed by atoms with E-state index in [1.165, 1.54) is 15.6 Å². The Balaban J connectivity index is 2.12. The topological polar surface area (TPSA) is 58.6 Å². The third-order valence-corrected chi connectivity index (χ3v) is 6.25. The monoisotopic (exact) mass is 304 g/mol. The predicted molar refractivity (Wildman–Crippen MR) is 75.9 cm³/mol. The molecule has 7 heteroatoms. The number of nitrogens with one attached hydrogen (secondary N) is 1. The van der Waals surface area contributed by atoms with E-state index in [-0.39, 0.29) is 6.04 Å². The van der Waals surface area contributed by atoms with Gasteiger partial charge in [0.25, 0.3) is 0 Å². The molecule has 0 saturated carbocycles. The molecule has 108 valence electrons. The number of thiophene rings is 1. The zero-order chi connectivity index (χ0) is 13.9. The van der Waals surface area contributed by atoms with Crippen LogP contribution in [0, 0.1) is 0 Å². The van der Waals surface area contributed by atoms with E-state index in [1.54, 1.807) is 18.5 Å². The molecule has 0 radical (unpaired) electrons. The van der Waals surface area contributed by atoms with Gasteiger partial charge < -0.3 is 10.1 Å². The molecule has 2 rings (SSSR count). The molecule has 0 spiro atoms. The van der Waals surface area contributed by atoms with E-state index in [2.05, 4.69) is 5.32 Å². The molecule has 0 bridgehead atoms. The van der Waals surface area contributed by atoms with Gasteiger partial charge in [0.2, 0.25) is 10.0 Å². The Kier molecular flexibility index (Phi) is 4.97. The number of hydrogen-bond donors (Lipinski definition) is 1. The van der Waals surface area contributed by atoms with Gasteiger partial charge in [-0.2, -0.15) is 4.31 Å². The molecule has 19 heavy (non-hydrogen) atoms. The van der Waals surface area contributed by atoms with Crippen molar-refractivity contribution in [1.29, 1.82) is 0 Å². The molecule has 1 aromatic heterocycles. The lowest BCUT2D eigenvalue weighted by Gasteiger charge is -2.21. The fraction of sp³-hybridized carbons (Fsp3) is 0.667. The second kappa shape index (κ2) is 6.32. The van der Waals surface area contributed by atoms with Gasteiger partial charge in [0, 0.05) is 30.5 Å². The molecule has 1 fully saturated rings. The summed E-state index contributed by atoms with van der Waals surface area (Å²) in [6, 6.07) is 1.72. The van der Waals surface area contributed by atoms with Crippen LogP contribution in [0.3, 0.4) is 0 Å². The van der Waals surface area contributed by atoms with Crippen LogP contribution in [0.4, 0.5) is 0 Å².